The van der Waals surface area contributed by atoms with E-state index in [1.807, 2.05) is 0 Å². The van der Waals surface area contributed by atoms with E-state index >= 15 is 0 Å². The van der Waals surface area contributed by atoms with Crippen LogP contribution in [0.15, 0.2) is 18.2 Å². The molecular formula is C14H21N3O4. The topological polar surface area (TPSA) is 87.9 Å². The fourth-order valence-corrected chi connectivity index (χ4v) is 2.41. The van der Waals surface area contributed by atoms with Gasteiger partial charge < -0.3 is 15.2 Å². The Morgan fingerprint density at radius 1 is 1.48 bits per heavy atom. The van der Waals surface area contributed by atoms with Crippen LogP contribution >= 0.6 is 0 Å². The molecule has 1 aromatic carbocycles. The van der Waals surface area contributed by atoms with Gasteiger partial charge in [0.1, 0.15) is 12.7 Å². The van der Waals surface area contributed by atoms with E-state index in [2.05, 4.69) is 10.2 Å². The van der Waals surface area contributed by atoms with Gasteiger partial charge in [-0.15, -0.1) is 0 Å². The third-order valence-corrected chi connectivity index (χ3v) is 3.49. The number of nitrogens with one attached hydrogen (secondary N) is 1. The molecule has 21 heavy (non-hydrogen) atoms. The lowest BCUT2D eigenvalue weighted by atomic mass is 10.2. The number of aryl methyl sites for hydroxylation is 1. The molecule has 0 spiro atoms. The highest BCUT2D eigenvalue weighted by molar-refractivity contribution is 5.52. The van der Waals surface area contributed by atoms with Crippen LogP contribution in [0.25, 0.3) is 0 Å². The van der Waals surface area contributed by atoms with Crippen molar-refractivity contribution in [3.8, 4) is 5.75 Å². The van der Waals surface area contributed by atoms with Gasteiger partial charge in [0.15, 0.2) is 5.75 Å². The number of nitro benzene ring substituents is 1. The second-order valence-electron chi connectivity index (χ2n) is 5.19. The fourth-order valence-electron chi connectivity index (χ4n) is 2.41. The molecule has 1 aliphatic heterocycles. The van der Waals surface area contributed by atoms with Crippen molar-refractivity contribution < 1.29 is 14.8 Å². The van der Waals surface area contributed by atoms with Crippen molar-refractivity contribution >= 4 is 5.69 Å². The lowest BCUT2D eigenvalue weighted by molar-refractivity contribution is -0.386. The van der Waals surface area contributed by atoms with Crippen LogP contribution in [0.1, 0.15) is 5.56 Å². The minimum absolute atomic E-state index is 0.0353. The maximum atomic E-state index is 11.1. The molecule has 1 saturated heterocycles. The van der Waals surface area contributed by atoms with E-state index in [0.717, 1.165) is 26.2 Å². The first-order valence-corrected chi connectivity index (χ1v) is 7.06. The van der Waals surface area contributed by atoms with E-state index in [9.17, 15) is 15.2 Å². The number of benzene rings is 1. The smallest absolute Gasteiger partial charge is 0.313 e. The van der Waals surface area contributed by atoms with Gasteiger partial charge in [-0.3, -0.25) is 15.0 Å². The minimum atomic E-state index is -0.664. The van der Waals surface area contributed by atoms with E-state index in [1.165, 1.54) is 0 Å². The highest BCUT2D eigenvalue weighted by Crippen LogP contribution is 2.30. The molecule has 1 aromatic rings. The third kappa shape index (κ3) is 4.38. The van der Waals surface area contributed by atoms with Crippen LogP contribution in [0.4, 0.5) is 5.69 Å². The Morgan fingerprint density at radius 3 is 2.86 bits per heavy atom. The predicted octanol–water partition coefficient (Wildman–Crippen LogP) is 0.548. The molecule has 0 aromatic heterocycles. The standard InChI is InChI=1S/C14H21N3O4/c1-11-3-2-4-13(14(11)17(19)20)21-10-12(18)9-16-7-5-15-6-8-16/h2-4,12,15,18H,5-10H2,1H3. The summed E-state index contributed by atoms with van der Waals surface area (Å²) in [6.45, 7) is 5.84. The average Bonchev–Trinajstić information content (AvgIpc) is 2.45. The number of nitro groups is 1. The van der Waals surface area contributed by atoms with Gasteiger partial charge in [0, 0.05) is 38.3 Å². The summed E-state index contributed by atoms with van der Waals surface area (Å²) in [6, 6.07) is 4.94. The largest absolute Gasteiger partial charge is 0.484 e. The van der Waals surface area contributed by atoms with Gasteiger partial charge in [0.05, 0.1) is 4.92 Å². The summed E-state index contributed by atoms with van der Waals surface area (Å²) in [6.07, 6.45) is -0.664. The van der Waals surface area contributed by atoms with Crippen molar-refractivity contribution in [3.05, 3.63) is 33.9 Å². The number of rotatable bonds is 6. The molecule has 1 heterocycles. The van der Waals surface area contributed by atoms with Gasteiger partial charge in [-0.25, -0.2) is 0 Å². The SMILES string of the molecule is Cc1cccc(OCC(O)CN2CCNCC2)c1[N+](=O)[O-]. The molecule has 0 radical (unpaired) electrons. The lowest BCUT2D eigenvalue weighted by Gasteiger charge is -2.28. The van der Waals surface area contributed by atoms with Crippen molar-refractivity contribution in [3.63, 3.8) is 0 Å². The molecule has 116 valence electrons. The minimum Gasteiger partial charge on any atom is -0.484 e. The number of aliphatic hydroxyl groups is 1. The van der Waals surface area contributed by atoms with Crippen LogP contribution in [0.3, 0.4) is 0 Å². The quantitative estimate of drug-likeness (QED) is 0.588. The summed E-state index contributed by atoms with van der Waals surface area (Å²) in [5, 5.41) is 24.3. The molecule has 0 amide bonds. The van der Waals surface area contributed by atoms with Crippen LogP contribution in [0.5, 0.6) is 5.75 Å². The maximum Gasteiger partial charge on any atom is 0.313 e. The molecule has 7 heteroatoms. The van der Waals surface area contributed by atoms with E-state index in [4.69, 9.17) is 4.74 Å². The molecule has 1 unspecified atom stereocenters. The highest BCUT2D eigenvalue weighted by Gasteiger charge is 2.20. The maximum absolute atomic E-state index is 11.1. The Balaban J connectivity index is 1.90. The summed E-state index contributed by atoms with van der Waals surface area (Å²) in [4.78, 5) is 12.7. The first kappa shape index (κ1) is 15.7. The predicted molar refractivity (Wildman–Crippen MR) is 78.6 cm³/mol. The number of β-amino-alcohol motifs (C(OH)–C–C–N with tert-alkyl or cyclic N) is 1. The molecular weight excluding hydrogens is 274 g/mol. The first-order chi connectivity index (χ1) is 10.1. The molecule has 0 aliphatic carbocycles. The zero-order chi connectivity index (χ0) is 15.2. The normalized spacial score (nSPS) is 17.4. The van der Waals surface area contributed by atoms with Crippen LogP contribution in [-0.4, -0.2) is 60.4 Å². The number of hydrogen-bond acceptors (Lipinski definition) is 6. The van der Waals surface area contributed by atoms with Gasteiger partial charge in [0.25, 0.3) is 0 Å². The van der Waals surface area contributed by atoms with Gasteiger partial charge in [-0.1, -0.05) is 12.1 Å². The van der Waals surface area contributed by atoms with Crippen molar-refractivity contribution in [2.75, 3.05) is 39.3 Å². The number of aliphatic hydroxyl groups excluding tert-OH is 1. The summed E-state index contributed by atoms with van der Waals surface area (Å²) in [7, 11) is 0. The molecule has 1 fully saturated rings. The van der Waals surface area contributed by atoms with Crippen molar-refractivity contribution in [1.82, 2.24) is 10.2 Å². The molecule has 1 aliphatic rings. The highest BCUT2D eigenvalue weighted by atomic mass is 16.6. The molecule has 2 N–H and O–H groups in total. The number of hydrogen-bond donors (Lipinski definition) is 2. The van der Waals surface area contributed by atoms with Gasteiger partial charge in [0.2, 0.25) is 0 Å². The Hall–Kier alpha value is -1.70. The van der Waals surface area contributed by atoms with Crippen LogP contribution in [0, 0.1) is 17.0 Å². The van der Waals surface area contributed by atoms with E-state index in [-0.39, 0.29) is 18.0 Å². The number of para-hydroxylation sites is 1. The molecule has 7 nitrogen and oxygen atoms in total. The third-order valence-electron chi connectivity index (χ3n) is 3.49. The number of piperazine rings is 1. The Labute approximate surface area is 123 Å². The lowest BCUT2D eigenvalue weighted by Crippen LogP contribution is -2.47. The van der Waals surface area contributed by atoms with E-state index in [0.29, 0.717) is 12.1 Å². The first-order valence-electron chi connectivity index (χ1n) is 7.06. The second-order valence-corrected chi connectivity index (χ2v) is 5.19. The average molecular weight is 295 g/mol. The van der Waals surface area contributed by atoms with Crippen LogP contribution in [-0.2, 0) is 0 Å². The Morgan fingerprint density at radius 2 is 2.19 bits per heavy atom. The zero-order valence-corrected chi connectivity index (χ0v) is 12.1. The number of nitrogens with zero attached hydrogens (tertiary/aromatic N) is 2. The monoisotopic (exact) mass is 295 g/mol. The summed E-state index contributed by atoms with van der Waals surface area (Å²) in [5.41, 5.74) is 0.515. The van der Waals surface area contributed by atoms with E-state index < -0.39 is 11.0 Å². The summed E-state index contributed by atoms with van der Waals surface area (Å²) < 4.78 is 5.45. The van der Waals surface area contributed by atoms with Gasteiger partial charge in [-0.05, 0) is 13.0 Å². The second kappa shape index (κ2) is 7.35. The van der Waals surface area contributed by atoms with Crippen molar-refractivity contribution in [1.29, 1.82) is 0 Å². The Kier molecular flexibility index (Phi) is 5.49. The molecule has 0 bridgehead atoms. The Bertz CT molecular complexity index is 489. The van der Waals surface area contributed by atoms with Gasteiger partial charge >= 0.3 is 5.69 Å². The van der Waals surface area contributed by atoms with E-state index in [1.54, 1.807) is 25.1 Å². The zero-order valence-electron chi connectivity index (χ0n) is 12.1. The summed E-state index contributed by atoms with van der Waals surface area (Å²) in [5.74, 6) is 0.208. The van der Waals surface area contributed by atoms with Gasteiger partial charge in [-0.2, -0.15) is 0 Å². The van der Waals surface area contributed by atoms with Crippen LogP contribution in [0.2, 0.25) is 0 Å². The molecule has 0 saturated carbocycles. The fraction of sp³-hybridized carbons (Fsp3) is 0.571. The van der Waals surface area contributed by atoms with Crippen LogP contribution < -0.4 is 10.1 Å². The molecule has 2 rings (SSSR count). The summed E-state index contributed by atoms with van der Waals surface area (Å²) >= 11 is 0. The van der Waals surface area contributed by atoms with Crippen molar-refractivity contribution in [2.24, 2.45) is 0 Å². The number of ether oxygens (including phenoxy) is 1. The van der Waals surface area contributed by atoms with Crippen molar-refractivity contribution in [2.45, 2.75) is 13.0 Å². The molecule has 1 atom stereocenters.